The summed E-state index contributed by atoms with van der Waals surface area (Å²) in [5, 5.41) is 0. The summed E-state index contributed by atoms with van der Waals surface area (Å²) in [5.41, 5.74) is 0.271. The monoisotopic (exact) mass is 198 g/mol. The van der Waals surface area contributed by atoms with Gasteiger partial charge in [-0.05, 0) is 12.1 Å². The van der Waals surface area contributed by atoms with Crippen LogP contribution in [0.25, 0.3) is 0 Å². The van der Waals surface area contributed by atoms with Crippen LogP contribution in [0, 0.1) is 0 Å². The van der Waals surface area contributed by atoms with Gasteiger partial charge in [0.15, 0.2) is 0 Å². The van der Waals surface area contributed by atoms with Crippen LogP contribution >= 0.6 is 0 Å². The maximum Gasteiger partial charge on any atom is 0.287 e. The van der Waals surface area contributed by atoms with Crippen LogP contribution in [-0.4, -0.2) is 20.6 Å². The molecule has 0 N–H and O–H groups in total. The van der Waals surface area contributed by atoms with Crippen LogP contribution in [0.3, 0.4) is 0 Å². The highest BCUT2D eigenvalue weighted by Gasteiger charge is 2.12. The molecular weight excluding hydrogens is 190 g/mol. The van der Waals surface area contributed by atoms with Crippen LogP contribution in [0.5, 0.6) is 0 Å². The van der Waals surface area contributed by atoms with Gasteiger partial charge in [-0.25, -0.2) is 8.42 Å². The van der Waals surface area contributed by atoms with Crippen molar-refractivity contribution in [2.24, 2.45) is 0 Å². The van der Waals surface area contributed by atoms with Gasteiger partial charge in [-0.2, -0.15) is 0 Å². The summed E-state index contributed by atoms with van der Waals surface area (Å²) in [5.74, 6) is -0.733. The highest BCUT2D eigenvalue weighted by molar-refractivity contribution is 7.89. The second-order valence-corrected chi connectivity index (χ2v) is 4.14. The summed E-state index contributed by atoms with van der Waals surface area (Å²) in [6, 6.07) is 8.04. The first kappa shape index (κ1) is 9.73. The molecule has 4 nitrogen and oxygen atoms in total. The Morgan fingerprint density at radius 3 is 2.23 bits per heavy atom. The Balaban J connectivity index is 2.82. The Bertz CT molecular complexity index is 397. The van der Waals surface area contributed by atoms with Gasteiger partial charge in [-0.15, -0.1) is 4.72 Å². The molecule has 0 aromatic heterocycles. The topological polar surface area (TPSA) is 65.3 Å². The minimum absolute atomic E-state index is 0.271. The predicted octanol–water partition coefficient (Wildman–Crippen LogP) is 0.391. The summed E-state index contributed by atoms with van der Waals surface area (Å²) in [6.45, 7) is 0. The zero-order valence-corrected chi connectivity index (χ0v) is 7.78. The van der Waals surface area contributed by atoms with E-state index in [0.717, 1.165) is 6.26 Å². The van der Waals surface area contributed by atoms with Crippen LogP contribution in [0.15, 0.2) is 30.3 Å². The molecule has 1 aromatic carbocycles. The molecule has 0 saturated heterocycles. The molecule has 69 valence electrons. The van der Waals surface area contributed by atoms with E-state index >= 15 is 0 Å². The lowest BCUT2D eigenvalue weighted by Crippen LogP contribution is -2.21. The van der Waals surface area contributed by atoms with Crippen molar-refractivity contribution in [2.45, 2.75) is 0 Å². The summed E-state index contributed by atoms with van der Waals surface area (Å²) in [6.07, 6.45) is 0.883. The fraction of sp³-hybridized carbons (Fsp3) is 0.125. The Kier molecular flexibility index (Phi) is 2.67. The van der Waals surface area contributed by atoms with Gasteiger partial charge >= 0.3 is 0 Å². The second-order valence-electron chi connectivity index (χ2n) is 2.50. The van der Waals surface area contributed by atoms with E-state index in [1.54, 1.807) is 18.2 Å². The maximum absolute atomic E-state index is 11.1. The molecule has 0 bridgehead atoms. The first-order valence-corrected chi connectivity index (χ1v) is 5.36. The fourth-order valence-corrected chi connectivity index (χ4v) is 1.19. The second kappa shape index (κ2) is 3.57. The average molecular weight is 198 g/mol. The highest BCUT2D eigenvalue weighted by Crippen LogP contribution is 1.99. The van der Waals surface area contributed by atoms with E-state index in [0.29, 0.717) is 0 Å². The predicted molar refractivity (Wildman–Crippen MR) is 47.8 cm³/mol. The molecule has 0 atom stereocenters. The summed E-state index contributed by atoms with van der Waals surface area (Å²) < 4.78 is 24.3. The third-order valence-corrected chi connectivity index (χ3v) is 1.77. The van der Waals surface area contributed by atoms with Gasteiger partial charge in [-0.1, -0.05) is 18.2 Å². The number of carbonyl (C=O) groups is 1. The van der Waals surface area contributed by atoms with Crippen molar-refractivity contribution in [3.63, 3.8) is 0 Å². The van der Waals surface area contributed by atoms with Gasteiger partial charge in [0, 0.05) is 5.56 Å². The molecule has 5 heteroatoms. The first-order valence-electron chi connectivity index (χ1n) is 3.51. The highest BCUT2D eigenvalue weighted by atomic mass is 32.2. The molecule has 0 fully saturated rings. The smallest absolute Gasteiger partial charge is 0.266 e. The van der Waals surface area contributed by atoms with E-state index in [2.05, 4.69) is 4.72 Å². The Hall–Kier alpha value is -1.36. The van der Waals surface area contributed by atoms with Gasteiger partial charge in [0.05, 0.1) is 6.26 Å². The van der Waals surface area contributed by atoms with Crippen LogP contribution < -0.4 is 4.72 Å². The molecule has 0 spiro atoms. The van der Waals surface area contributed by atoms with Crippen molar-refractivity contribution >= 4 is 15.9 Å². The average Bonchev–Trinajstić information content (AvgIpc) is 2.03. The molecule has 1 amide bonds. The van der Waals surface area contributed by atoms with Crippen LogP contribution in [0.4, 0.5) is 0 Å². The number of rotatable bonds is 2. The number of hydrogen-bond donors (Lipinski definition) is 0. The number of nitrogens with zero attached hydrogens (tertiary/aromatic N) is 1. The van der Waals surface area contributed by atoms with Crippen molar-refractivity contribution in [1.29, 1.82) is 0 Å². The Morgan fingerprint density at radius 1 is 1.23 bits per heavy atom. The van der Waals surface area contributed by atoms with Crippen molar-refractivity contribution < 1.29 is 13.2 Å². The first-order chi connectivity index (χ1) is 5.99. The largest absolute Gasteiger partial charge is 0.287 e. The number of benzene rings is 1. The van der Waals surface area contributed by atoms with Crippen molar-refractivity contribution in [2.75, 3.05) is 6.26 Å². The summed E-state index contributed by atoms with van der Waals surface area (Å²) in [4.78, 5) is 11.1. The quantitative estimate of drug-likeness (QED) is 0.690. The molecule has 0 aliphatic heterocycles. The van der Waals surface area contributed by atoms with Crippen LogP contribution in [-0.2, 0) is 10.0 Å². The SMILES string of the molecule is CS(=O)(=O)[N]C(=O)c1ccccc1. The normalized spacial score (nSPS) is 10.8. The van der Waals surface area contributed by atoms with Crippen molar-refractivity contribution in [3.05, 3.63) is 35.9 Å². The number of carbonyl (C=O) groups excluding carboxylic acids is 1. The fourth-order valence-electron chi connectivity index (χ4n) is 0.784. The Labute approximate surface area is 76.6 Å². The number of hydrogen-bond acceptors (Lipinski definition) is 3. The van der Waals surface area contributed by atoms with Gasteiger partial charge in [0.2, 0.25) is 0 Å². The molecule has 1 radical (unpaired) electrons. The van der Waals surface area contributed by atoms with Crippen molar-refractivity contribution in [1.82, 2.24) is 4.72 Å². The molecule has 13 heavy (non-hydrogen) atoms. The third-order valence-electron chi connectivity index (χ3n) is 1.27. The van der Waals surface area contributed by atoms with E-state index in [-0.39, 0.29) is 5.56 Å². The molecule has 0 aliphatic rings. The van der Waals surface area contributed by atoms with Crippen LogP contribution in [0.1, 0.15) is 10.4 Å². The van der Waals surface area contributed by atoms with E-state index in [1.165, 1.54) is 12.1 Å². The molecular formula is C8H8NO3S. The summed E-state index contributed by atoms with van der Waals surface area (Å²) in [7, 11) is -3.60. The lowest BCUT2D eigenvalue weighted by Gasteiger charge is -1.97. The van der Waals surface area contributed by atoms with E-state index in [4.69, 9.17) is 0 Å². The number of sulfonamides is 1. The lowest BCUT2D eigenvalue weighted by atomic mass is 10.2. The Morgan fingerprint density at radius 2 is 1.77 bits per heavy atom. The zero-order chi connectivity index (χ0) is 9.90. The summed E-state index contributed by atoms with van der Waals surface area (Å²) >= 11 is 0. The van der Waals surface area contributed by atoms with E-state index < -0.39 is 15.9 Å². The third kappa shape index (κ3) is 3.25. The van der Waals surface area contributed by atoms with E-state index in [1.807, 2.05) is 0 Å². The molecule has 1 rings (SSSR count). The molecule has 0 heterocycles. The molecule has 0 aliphatic carbocycles. The standard InChI is InChI=1S/C8H8NO3S/c1-13(11,12)9-8(10)7-5-3-2-4-6-7/h2-6H,1H3. The van der Waals surface area contributed by atoms with E-state index in [9.17, 15) is 13.2 Å². The lowest BCUT2D eigenvalue weighted by molar-refractivity contribution is 0.0978. The van der Waals surface area contributed by atoms with Gasteiger partial charge in [0.25, 0.3) is 15.9 Å². The maximum atomic E-state index is 11.1. The number of amides is 1. The molecule has 1 aromatic rings. The van der Waals surface area contributed by atoms with Gasteiger partial charge < -0.3 is 0 Å². The molecule has 0 unspecified atom stereocenters. The minimum atomic E-state index is -3.60. The van der Waals surface area contributed by atoms with Gasteiger partial charge in [0.1, 0.15) is 0 Å². The van der Waals surface area contributed by atoms with Crippen LogP contribution in [0.2, 0.25) is 0 Å². The zero-order valence-electron chi connectivity index (χ0n) is 6.97. The van der Waals surface area contributed by atoms with Crippen molar-refractivity contribution in [3.8, 4) is 0 Å². The molecule has 0 saturated carbocycles. The minimum Gasteiger partial charge on any atom is -0.266 e. The van der Waals surface area contributed by atoms with Gasteiger partial charge in [-0.3, -0.25) is 4.79 Å².